The molecule has 0 amide bonds. The minimum absolute atomic E-state index is 0.108. The van der Waals surface area contributed by atoms with Gasteiger partial charge in [0.25, 0.3) is 0 Å². The summed E-state index contributed by atoms with van der Waals surface area (Å²) in [5, 5.41) is 20.8. The normalized spacial score (nSPS) is 30.0. The van der Waals surface area contributed by atoms with Gasteiger partial charge in [-0.25, -0.2) is 0 Å². The maximum atomic E-state index is 11.0. The largest absolute Gasteiger partial charge is 0.396 e. The first-order valence-corrected chi connectivity index (χ1v) is 7.18. The summed E-state index contributed by atoms with van der Waals surface area (Å²) in [5.41, 5.74) is -0.625. The van der Waals surface area contributed by atoms with Gasteiger partial charge >= 0.3 is 0 Å². The van der Waals surface area contributed by atoms with E-state index >= 15 is 0 Å². The van der Waals surface area contributed by atoms with Gasteiger partial charge in [-0.3, -0.25) is 0 Å². The van der Waals surface area contributed by atoms with Crippen molar-refractivity contribution in [3.8, 4) is 0 Å². The highest BCUT2D eigenvalue weighted by atomic mass is 16.3. The van der Waals surface area contributed by atoms with E-state index in [-0.39, 0.29) is 12.0 Å². The molecule has 1 fully saturated rings. The van der Waals surface area contributed by atoms with Gasteiger partial charge in [-0.15, -0.1) is 0 Å². The minimum Gasteiger partial charge on any atom is -0.396 e. The van der Waals surface area contributed by atoms with Crippen LogP contribution in [0.1, 0.15) is 72.6 Å². The van der Waals surface area contributed by atoms with Crippen molar-refractivity contribution in [2.75, 3.05) is 6.61 Å². The zero-order valence-corrected chi connectivity index (χ0v) is 12.1. The molecule has 1 rings (SSSR count). The van der Waals surface area contributed by atoms with Gasteiger partial charge < -0.3 is 10.2 Å². The quantitative estimate of drug-likeness (QED) is 0.741. The van der Waals surface area contributed by atoms with Crippen molar-refractivity contribution < 1.29 is 10.2 Å². The standard InChI is InChI=1S/C15H30O2/c1-5-14(6-2,12-16)15(17)9-7-8-13(3,4)10-11-15/h16-17H,5-12H2,1-4H3. The van der Waals surface area contributed by atoms with Crippen LogP contribution >= 0.6 is 0 Å². The summed E-state index contributed by atoms with van der Waals surface area (Å²) in [6.07, 6.45) is 6.72. The van der Waals surface area contributed by atoms with Gasteiger partial charge in [-0.2, -0.15) is 0 Å². The highest BCUT2D eigenvalue weighted by Gasteiger charge is 2.48. The van der Waals surface area contributed by atoms with Crippen LogP contribution in [0.3, 0.4) is 0 Å². The van der Waals surface area contributed by atoms with Gasteiger partial charge in [0.1, 0.15) is 0 Å². The molecule has 1 unspecified atom stereocenters. The van der Waals surface area contributed by atoms with Crippen molar-refractivity contribution in [3.05, 3.63) is 0 Å². The zero-order valence-electron chi connectivity index (χ0n) is 12.1. The van der Waals surface area contributed by atoms with E-state index in [1.165, 1.54) is 6.42 Å². The van der Waals surface area contributed by atoms with E-state index in [1.54, 1.807) is 0 Å². The highest BCUT2D eigenvalue weighted by molar-refractivity contribution is 4.99. The number of rotatable bonds is 4. The van der Waals surface area contributed by atoms with Crippen LogP contribution in [0.4, 0.5) is 0 Å². The minimum atomic E-state index is -0.668. The third kappa shape index (κ3) is 2.85. The van der Waals surface area contributed by atoms with Crippen LogP contribution in [0, 0.1) is 10.8 Å². The molecule has 0 aliphatic heterocycles. The van der Waals surface area contributed by atoms with Crippen LogP contribution in [0.5, 0.6) is 0 Å². The molecule has 0 bridgehead atoms. The molecule has 2 nitrogen and oxygen atoms in total. The van der Waals surface area contributed by atoms with Crippen molar-refractivity contribution in [1.82, 2.24) is 0 Å². The molecule has 0 aromatic heterocycles. The van der Waals surface area contributed by atoms with Crippen molar-refractivity contribution in [2.45, 2.75) is 78.2 Å². The Morgan fingerprint density at radius 3 is 2.06 bits per heavy atom. The predicted octanol–water partition coefficient (Wildman–Crippen LogP) is 3.51. The van der Waals surface area contributed by atoms with Crippen LogP contribution in [-0.2, 0) is 0 Å². The molecule has 1 atom stereocenters. The van der Waals surface area contributed by atoms with E-state index in [9.17, 15) is 10.2 Å². The lowest BCUT2D eigenvalue weighted by atomic mass is 9.65. The smallest absolute Gasteiger partial charge is 0.0725 e. The molecule has 2 heteroatoms. The lowest BCUT2D eigenvalue weighted by Gasteiger charge is -2.46. The maximum absolute atomic E-state index is 11.0. The number of aliphatic hydroxyl groups excluding tert-OH is 1. The molecule has 1 aliphatic carbocycles. The van der Waals surface area contributed by atoms with E-state index in [2.05, 4.69) is 27.7 Å². The monoisotopic (exact) mass is 242 g/mol. The Bertz CT molecular complexity index is 235. The zero-order chi connectivity index (χ0) is 13.2. The Morgan fingerprint density at radius 2 is 1.59 bits per heavy atom. The van der Waals surface area contributed by atoms with Crippen LogP contribution < -0.4 is 0 Å². The summed E-state index contributed by atoms with van der Waals surface area (Å²) in [6.45, 7) is 8.87. The number of aliphatic hydroxyl groups is 2. The highest BCUT2D eigenvalue weighted by Crippen LogP contribution is 2.49. The van der Waals surface area contributed by atoms with Crippen LogP contribution in [0.15, 0.2) is 0 Å². The fourth-order valence-electron chi connectivity index (χ4n) is 3.46. The predicted molar refractivity (Wildman–Crippen MR) is 71.9 cm³/mol. The lowest BCUT2D eigenvalue weighted by molar-refractivity contribution is -0.124. The van der Waals surface area contributed by atoms with Crippen molar-refractivity contribution in [2.24, 2.45) is 10.8 Å². The van der Waals surface area contributed by atoms with E-state index in [4.69, 9.17) is 0 Å². The van der Waals surface area contributed by atoms with Gasteiger partial charge in [-0.05, 0) is 43.9 Å². The van der Waals surface area contributed by atoms with Gasteiger partial charge in [0, 0.05) is 5.41 Å². The number of hydrogen-bond acceptors (Lipinski definition) is 2. The number of hydrogen-bond donors (Lipinski definition) is 2. The molecule has 0 radical (unpaired) electrons. The van der Waals surface area contributed by atoms with Crippen LogP contribution in [-0.4, -0.2) is 22.4 Å². The SMILES string of the molecule is CCC(CC)(CO)C1(O)CCCC(C)(C)CC1. The summed E-state index contributed by atoms with van der Waals surface area (Å²) in [6, 6.07) is 0. The first-order chi connectivity index (χ1) is 7.85. The van der Waals surface area contributed by atoms with Gasteiger partial charge in [0.2, 0.25) is 0 Å². The molecule has 17 heavy (non-hydrogen) atoms. The van der Waals surface area contributed by atoms with Crippen molar-refractivity contribution in [3.63, 3.8) is 0 Å². The maximum Gasteiger partial charge on any atom is 0.0725 e. The molecule has 1 saturated carbocycles. The van der Waals surface area contributed by atoms with Crippen LogP contribution in [0.2, 0.25) is 0 Å². The molecule has 0 saturated heterocycles. The lowest BCUT2D eigenvalue weighted by Crippen LogP contribution is -2.50. The van der Waals surface area contributed by atoms with Gasteiger partial charge in [0.05, 0.1) is 12.2 Å². The summed E-state index contributed by atoms with van der Waals surface area (Å²) >= 11 is 0. The third-order valence-electron chi connectivity index (χ3n) is 5.30. The van der Waals surface area contributed by atoms with E-state index in [0.29, 0.717) is 5.41 Å². The van der Waals surface area contributed by atoms with E-state index < -0.39 is 5.60 Å². The Morgan fingerprint density at radius 1 is 1.00 bits per heavy atom. The molecule has 0 aromatic carbocycles. The average molecular weight is 242 g/mol. The van der Waals surface area contributed by atoms with Crippen molar-refractivity contribution >= 4 is 0 Å². The summed E-state index contributed by atoms with van der Waals surface area (Å²) in [4.78, 5) is 0. The van der Waals surface area contributed by atoms with Gasteiger partial charge in [0.15, 0.2) is 0 Å². The molecule has 0 spiro atoms. The molecular weight excluding hydrogens is 212 g/mol. The van der Waals surface area contributed by atoms with E-state index in [1.807, 2.05) is 0 Å². The fourth-order valence-corrected chi connectivity index (χ4v) is 3.46. The van der Waals surface area contributed by atoms with Gasteiger partial charge in [-0.1, -0.05) is 34.1 Å². The second kappa shape index (κ2) is 5.27. The molecule has 2 N–H and O–H groups in total. The van der Waals surface area contributed by atoms with Crippen LogP contribution in [0.25, 0.3) is 0 Å². The first kappa shape index (κ1) is 15.0. The average Bonchev–Trinajstić information content (AvgIpc) is 2.42. The Balaban J connectivity index is 2.92. The molecule has 1 aliphatic rings. The fraction of sp³-hybridized carbons (Fsp3) is 1.00. The summed E-state index contributed by atoms with van der Waals surface area (Å²) < 4.78 is 0. The Hall–Kier alpha value is -0.0800. The second-order valence-electron chi connectivity index (χ2n) is 6.69. The van der Waals surface area contributed by atoms with E-state index in [0.717, 1.165) is 38.5 Å². The first-order valence-electron chi connectivity index (χ1n) is 7.18. The Labute approximate surface area is 106 Å². The Kier molecular flexibility index (Phi) is 4.65. The summed E-state index contributed by atoms with van der Waals surface area (Å²) in [7, 11) is 0. The molecule has 0 heterocycles. The second-order valence-corrected chi connectivity index (χ2v) is 6.69. The topological polar surface area (TPSA) is 40.5 Å². The molecular formula is C15H30O2. The third-order valence-corrected chi connectivity index (χ3v) is 5.30. The summed E-state index contributed by atoms with van der Waals surface area (Å²) in [5.74, 6) is 0. The molecule has 102 valence electrons. The van der Waals surface area contributed by atoms with Crippen molar-refractivity contribution in [1.29, 1.82) is 0 Å². The molecule has 0 aromatic rings.